The molecule has 0 aliphatic heterocycles. The zero-order valence-electron chi connectivity index (χ0n) is 20.0. The molecule has 1 aliphatic rings. The van der Waals surface area contributed by atoms with Gasteiger partial charge in [0.15, 0.2) is 0 Å². The van der Waals surface area contributed by atoms with Crippen molar-refractivity contribution in [1.82, 2.24) is 0 Å². The Kier molecular flexibility index (Phi) is 7.23. The van der Waals surface area contributed by atoms with E-state index in [1.807, 2.05) is 48.5 Å². The molecule has 0 atom stereocenters. The number of carbonyl (C=O) groups is 2. The van der Waals surface area contributed by atoms with Gasteiger partial charge in [-0.05, 0) is 84.7 Å². The molecule has 0 saturated heterocycles. The maximum atomic E-state index is 12.6. The van der Waals surface area contributed by atoms with Gasteiger partial charge in [-0.2, -0.15) is 0 Å². The Balaban J connectivity index is 1.13. The number of rotatable bonds is 6. The zero-order valence-corrected chi connectivity index (χ0v) is 20.0. The van der Waals surface area contributed by atoms with Crippen LogP contribution in [0.25, 0.3) is 11.1 Å². The van der Waals surface area contributed by atoms with E-state index in [1.165, 1.54) is 5.56 Å². The lowest BCUT2D eigenvalue weighted by molar-refractivity contribution is 0.0195. The monoisotopic (exact) mass is 476 g/mol. The molecule has 4 aromatic rings. The minimum Gasteiger partial charge on any atom is -0.459 e. The summed E-state index contributed by atoms with van der Waals surface area (Å²) in [6, 6.07) is 34.3. The van der Waals surface area contributed by atoms with Gasteiger partial charge in [-0.25, -0.2) is 9.59 Å². The van der Waals surface area contributed by atoms with E-state index in [2.05, 4.69) is 24.3 Å². The summed E-state index contributed by atoms with van der Waals surface area (Å²) in [5, 5.41) is 0. The average molecular weight is 477 g/mol. The Labute approximate surface area is 211 Å². The lowest BCUT2D eigenvalue weighted by Crippen LogP contribution is -2.24. The Morgan fingerprint density at radius 3 is 1.72 bits per heavy atom. The molecule has 1 saturated carbocycles. The molecule has 0 bridgehead atoms. The van der Waals surface area contributed by atoms with Crippen molar-refractivity contribution < 1.29 is 19.1 Å². The lowest BCUT2D eigenvalue weighted by Gasteiger charge is -2.28. The average Bonchev–Trinajstić information content (AvgIpc) is 2.95. The fraction of sp³-hybridized carbons (Fsp3) is 0.188. The van der Waals surface area contributed by atoms with Crippen LogP contribution >= 0.6 is 0 Å². The second-order valence-electron chi connectivity index (χ2n) is 9.15. The molecule has 0 radical (unpaired) electrons. The van der Waals surface area contributed by atoms with Gasteiger partial charge in [0.05, 0.1) is 11.1 Å². The summed E-state index contributed by atoms with van der Waals surface area (Å²) in [7, 11) is 0. The van der Waals surface area contributed by atoms with E-state index in [0.29, 0.717) is 22.8 Å². The topological polar surface area (TPSA) is 52.6 Å². The number of esters is 2. The first-order valence-electron chi connectivity index (χ1n) is 12.4. The van der Waals surface area contributed by atoms with Crippen LogP contribution < -0.4 is 4.74 Å². The van der Waals surface area contributed by atoms with Crippen molar-refractivity contribution in [1.29, 1.82) is 0 Å². The molecule has 1 aliphatic carbocycles. The minimum absolute atomic E-state index is 0.0613. The quantitative estimate of drug-likeness (QED) is 0.214. The van der Waals surface area contributed by atoms with Crippen LogP contribution in [0.1, 0.15) is 57.9 Å². The Morgan fingerprint density at radius 1 is 0.556 bits per heavy atom. The molecule has 0 unspecified atom stereocenters. The van der Waals surface area contributed by atoms with Gasteiger partial charge in [0.2, 0.25) is 0 Å². The van der Waals surface area contributed by atoms with Crippen molar-refractivity contribution in [2.45, 2.75) is 37.7 Å². The van der Waals surface area contributed by atoms with Gasteiger partial charge in [0.25, 0.3) is 0 Å². The number of hydrogen-bond acceptors (Lipinski definition) is 4. The first kappa shape index (κ1) is 23.6. The molecule has 0 N–H and O–H groups in total. The molecular formula is C32H28O4. The molecule has 4 heteroatoms. The van der Waals surface area contributed by atoms with E-state index in [-0.39, 0.29) is 12.1 Å². The molecule has 0 amide bonds. The third-order valence-electron chi connectivity index (χ3n) is 6.75. The number of carbonyl (C=O) groups excluding carboxylic acids is 2. The predicted octanol–water partition coefficient (Wildman–Crippen LogP) is 7.46. The standard InChI is InChI=1S/C32H28O4/c33-31(27-13-11-25(12-14-27)23-7-3-1-4-8-23)36-30-21-17-28(18-22-30)32(34)35-29-19-15-26(16-20-29)24-9-5-2-6-10-24/h1-14,17-18,21-22,26,29H,15-16,19-20H2. The van der Waals surface area contributed by atoms with Crippen LogP contribution in [0.4, 0.5) is 0 Å². The highest BCUT2D eigenvalue weighted by molar-refractivity contribution is 5.92. The third-order valence-corrected chi connectivity index (χ3v) is 6.75. The van der Waals surface area contributed by atoms with E-state index in [9.17, 15) is 9.59 Å². The maximum Gasteiger partial charge on any atom is 0.343 e. The van der Waals surface area contributed by atoms with Crippen LogP contribution in [0.3, 0.4) is 0 Å². The van der Waals surface area contributed by atoms with Crippen molar-refractivity contribution in [2.24, 2.45) is 0 Å². The highest BCUT2D eigenvalue weighted by Gasteiger charge is 2.25. The lowest BCUT2D eigenvalue weighted by atomic mass is 9.83. The summed E-state index contributed by atoms with van der Waals surface area (Å²) >= 11 is 0. The van der Waals surface area contributed by atoms with E-state index in [1.54, 1.807) is 36.4 Å². The number of benzene rings is 4. The fourth-order valence-electron chi connectivity index (χ4n) is 4.71. The van der Waals surface area contributed by atoms with Gasteiger partial charge in [0, 0.05) is 0 Å². The summed E-state index contributed by atoms with van der Waals surface area (Å²) in [6.45, 7) is 0. The number of hydrogen-bond donors (Lipinski definition) is 0. The van der Waals surface area contributed by atoms with Crippen LogP contribution in [0.15, 0.2) is 109 Å². The molecule has 4 aromatic carbocycles. The highest BCUT2D eigenvalue weighted by Crippen LogP contribution is 2.34. The van der Waals surface area contributed by atoms with Crippen LogP contribution in [-0.4, -0.2) is 18.0 Å². The van der Waals surface area contributed by atoms with Gasteiger partial charge < -0.3 is 9.47 Å². The molecule has 5 rings (SSSR count). The van der Waals surface area contributed by atoms with Gasteiger partial charge in [0.1, 0.15) is 11.9 Å². The Hall–Kier alpha value is -4.18. The summed E-state index contributed by atoms with van der Waals surface area (Å²) in [6.07, 6.45) is 3.70. The largest absolute Gasteiger partial charge is 0.459 e. The van der Waals surface area contributed by atoms with E-state index >= 15 is 0 Å². The van der Waals surface area contributed by atoms with E-state index < -0.39 is 5.97 Å². The normalized spacial score (nSPS) is 17.2. The summed E-state index contributed by atoms with van der Waals surface area (Å²) in [5.41, 5.74) is 4.39. The molecule has 180 valence electrons. The molecule has 4 nitrogen and oxygen atoms in total. The molecule has 0 aromatic heterocycles. The van der Waals surface area contributed by atoms with Gasteiger partial charge in [-0.15, -0.1) is 0 Å². The second-order valence-corrected chi connectivity index (χ2v) is 9.15. The smallest absolute Gasteiger partial charge is 0.343 e. The summed E-state index contributed by atoms with van der Waals surface area (Å²) < 4.78 is 11.2. The Bertz CT molecular complexity index is 1290. The Morgan fingerprint density at radius 2 is 1.08 bits per heavy atom. The van der Waals surface area contributed by atoms with Gasteiger partial charge >= 0.3 is 11.9 Å². The van der Waals surface area contributed by atoms with Crippen LogP contribution in [0.2, 0.25) is 0 Å². The van der Waals surface area contributed by atoms with Gasteiger partial charge in [-0.1, -0.05) is 72.8 Å². The molecule has 36 heavy (non-hydrogen) atoms. The van der Waals surface area contributed by atoms with Crippen molar-refractivity contribution in [3.63, 3.8) is 0 Å². The highest BCUT2D eigenvalue weighted by atomic mass is 16.5. The summed E-state index contributed by atoms with van der Waals surface area (Å²) in [5.74, 6) is 0.129. The SMILES string of the molecule is O=C(Oc1ccc(C(=O)OC2CCC(c3ccccc3)CC2)cc1)c1ccc(-c2ccccc2)cc1. The maximum absolute atomic E-state index is 12.6. The fourth-order valence-corrected chi connectivity index (χ4v) is 4.71. The third kappa shape index (κ3) is 5.72. The zero-order chi connectivity index (χ0) is 24.7. The molecule has 0 spiro atoms. The first-order chi connectivity index (χ1) is 17.7. The van der Waals surface area contributed by atoms with Crippen LogP contribution in [-0.2, 0) is 4.74 Å². The van der Waals surface area contributed by atoms with E-state index in [4.69, 9.17) is 9.47 Å². The van der Waals surface area contributed by atoms with E-state index in [0.717, 1.165) is 36.8 Å². The van der Waals surface area contributed by atoms with Crippen LogP contribution in [0.5, 0.6) is 5.75 Å². The predicted molar refractivity (Wildman–Crippen MR) is 140 cm³/mol. The second kappa shape index (κ2) is 11.0. The van der Waals surface area contributed by atoms with Crippen molar-refractivity contribution in [3.8, 4) is 16.9 Å². The molecule has 1 fully saturated rings. The van der Waals surface area contributed by atoms with Crippen molar-refractivity contribution in [3.05, 3.63) is 126 Å². The van der Waals surface area contributed by atoms with Crippen molar-refractivity contribution >= 4 is 11.9 Å². The molecular weight excluding hydrogens is 448 g/mol. The molecule has 0 heterocycles. The first-order valence-corrected chi connectivity index (χ1v) is 12.4. The minimum atomic E-state index is -0.444. The van der Waals surface area contributed by atoms with Gasteiger partial charge in [-0.3, -0.25) is 0 Å². The summed E-state index contributed by atoms with van der Waals surface area (Å²) in [4.78, 5) is 25.2. The number of ether oxygens (including phenoxy) is 2. The van der Waals surface area contributed by atoms with Crippen molar-refractivity contribution in [2.75, 3.05) is 0 Å². The van der Waals surface area contributed by atoms with Crippen LogP contribution in [0, 0.1) is 0 Å².